The highest BCUT2D eigenvalue weighted by atomic mass is 79.9. The minimum absolute atomic E-state index is 0.0648. The zero-order chi connectivity index (χ0) is 10.7. The van der Waals surface area contributed by atoms with E-state index in [9.17, 15) is 14.9 Å². The number of non-ortho nitro benzene ring substituents is 1. The second-order valence-electron chi connectivity index (χ2n) is 2.70. The van der Waals surface area contributed by atoms with Crippen molar-refractivity contribution in [3.8, 4) is 0 Å². The molecule has 0 fully saturated rings. The van der Waals surface area contributed by atoms with Crippen molar-refractivity contribution in [2.24, 2.45) is 0 Å². The SMILES string of the molecule is CCC(=O)c1cc([N+](=O)[O-])ccc1Br. The fraction of sp³-hybridized carbons (Fsp3) is 0.222. The van der Waals surface area contributed by atoms with Gasteiger partial charge in [0.25, 0.3) is 5.69 Å². The Labute approximate surface area is 89.2 Å². The standard InChI is InChI=1S/C9H8BrNO3/c1-2-9(12)7-5-6(11(13)14)3-4-8(7)10/h3-5H,2H2,1H3. The molecule has 1 aromatic rings. The Morgan fingerprint density at radius 2 is 2.21 bits per heavy atom. The highest BCUT2D eigenvalue weighted by Gasteiger charge is 2.13. The Bertz CT molecular complexity index is 390. The van der Waals surface area contributed by atoms with Crippen LogP contribution in [0.3, 0.4) is 0 Å². The van der Waals surface area contributed by atoms with Crippen molar-refractivity contribution in [2.45, 2.75) is 13.3 Å². The Morgan fingerprint density at radius 1 is 1.57 bits per heavy atom. The Kier molecular flexibility index (Phi) is 3.35. The van der Waals surface area contributed by atoms with E-state index in [-0.39, 0.29) is 11.5 Å². The van der Waals surface area contributed by atoms with Crippen LogP contribution < -0.4 is 0 Å². The first kappa shape index (κ1) is 10.8. The molecular weight excluding hydrogens is 250 g/mol. The predicted molar refractivity (Wildman–Crippen MR) is 55.4 cm³/mol. The molecule has 0 bridgehead atoms. The van der Waals surface area contributed by atoms with Crippen LogP contribution >= 0.6 is 15.9 Å². The van der Waals surface area contributed by atoms with E-state index in [1.807, 2.05) is 0 Å². The normalized spacial score (nSPS) is 9.86. The molecule has 0 aromatic heterocycles. The van der Waals surface area contributed by atoms with Gasteiger partial charge in [-0.1, -0.05) is 22.9 Å². The maximum atomic E-state index is 11.4. The number of ketones is 1. The lowest BCUT2D eigenvalue weighted by Crippen LogP contribution is -1.99. The first-order valence-corrected chi connectivity index (χ1v) is 4.82. The summed E-state index contributed by atoms with van der Waals surface area (Å²) in [5, 5.41) is 10.5. The van der Waals surface area contributed by atoms with Crippen molar-refractivity contribution >= 4 is 27.4 Å². The molecule has 0 radical (unpaired) electrons. The molecule has 0 amide bonds. The number of carbonyl (C=O) groups excluding carboxylic acids is 1. The monoisotopic (exact) mass is 257 g/mol. The lowest BCUT2D eigenvalue weighted by Gasteiger charge is -2.00. The summed E-state index contributed by atoms with van der Waals surface area (Å²) in [6, 6.07) is 4.16. The summed E-state index contributed by atoms with van der Waals surface area (Å²) in [6.07, 6.45) is 0.333. The molecule has 0 unspecified atom stereocenters. The minimum atomic E-state index is -0.515. The highest BCUT2D eigenvalue weighted by Crippen LogP contribution is 2.23. The van der Waals surface area contributed by atoms with Gasteiger partial charge in [0.2, 0.25) is 0 Å². The van der Waals surface area contributed by atoms with Crippen molar-refractivity contribution in [3.05, 3.63) is 38.3 Å². The molecule has 0 aliphatic heterocycles. The molecule has 5 heteroatoms. The van der Waals surface area contributed by atoms with Gasteiger partial charge in [-0.05, 0) is 6.07 Å². The van der Waals surface area contributed by atoms with Gasteiger partial charge in [0.15, 0.2) is 5.78 Å². The summed E-state index contributed by atoms with van der Waals surface area (Å²) in [7, 11) is 0. The van der Waals surface area contributed by atoms with Crippen LogP contribution in [-0.2, 0) is 0 Å². The smallest absolute Gasteiger partial charge is 0.270 e. The Morgan fingerprint density at radius 3 is 2.71 bits per heavy atom. The van der Waals surface area contributed by atoms with Crippen molar-refractivity contribution in [1.82, 2.24) is 0 Å². The summed E-state index contributed by atoms with van der Waals surface area (Å²) in [5.74, 6) is -0.111. The average molecular weight is 258 g/mol. The topological polar surface area (TPSA) is 60.2 Å². The summed E-state index contributed by atoms with van der Waals surface area (Å²) < 4.78 is 0.593. The molecule has 0 saturated heterocycles. The molecule has 0 saturated carbocycles. The van der Waals surface area contributed by atoms with Crippen LogP contribution in [0.5, 0.6) is 0 Å². The van der Waals surface area contributed by atoms with Crippen molar-refractivity contribution in [3.63, 3.8) is 0 Å². The maximum absolute atomic E-state index is 11.4. The molecule has 4 nitrogen and oxygen atoms in total. The van der Waals surface area contributed by atoms with Crippen LogP contribution in [0.25, 0.3) is 0 Å². The molecule has 14 heavy (non-hydrogen) atoms. The van der Waals surface area contributed by atoms with Gasteiger partial charge in [0.1, 0.15) is 0 Å². The number of nitro groups is 1. The van der Waals surface area contributed by atoms with E-state index in [4.69, 9.17) is 0 Å². The lowest BCUT2D eigenvalue weighted by molar-refractivity contribution is -0.384. The van der Waals surface area contributed by atoms with E-state index in [0.29, 0.717) is 16.5 Å². The maximum Gasteiger partial charge on any atom is 0.270 e. The quantitative estimate of drug-likeness (QED) is 0.475. The zero-order valence-corrected chi connectivity index (χ0v) is 9.08. The molecule has 0 atom stereocenters. The van der Waals surface area contributed by atoms with Gasteiger partial charge in [0, 0.05) is 28.6 Å². The van der Waals surface area contributed by atoms with Gasteiger partial charge in [-0.15, -0.1) is 0 Å². The molecular formula is C9H8BrNO3. The van der Waals surface area contributed by atoms with E-state index >= 15 is 0 Å². The third-order valence-corrected chi connectivity index (χ3v) is 2.47. The number of carbonyl (C=O) groups is 1. The molecule has 1 aromatic carbocycles. The average Bonchev–Trinajstić information content (AvgIpc) is 2.17. The van der Waals surface area contributed by atoms with Crippen LogP contribution in [-0.4, -0.2) is 10.7 Å². The third kappa shape index (κ3) is 2.17. The van der Waals surface area contributed by atoms with Gasteiger partial charge in [-0.25, -0.2) is 0 Å². The summed E-state index contributed by atoms with van der Waals surface area (Å²) in [4.78, 5) is 21.3. The molecule has 0 aliphatic carbocycles. The molecule has 0 aliphatic rings. The van der Waals surface area contributed by atoms with E-state index in [1.54, 1.807) is 6.92 Å². The molecule has 0 spiro atoms. The largest absolute Gasteiger partial charge is 0.294 e. The fourth-order valence-electron chi connectivity index (χ4n) is 1.03. The second-order valence-corrected chi connectivity index (χ2v) is 3.55. The number of rotatable bonds is 3. The van der Waals surface area contributed by atoms with E-state index in [2.05, 4.69) is 15.9 Å². The summed E-state index contributed by atoms with van der Waals surface area (Å²) >= 11 is 3.18. The molecule has 74 valence electrons. The number of hydrogen-bond donors (Lipinski definition) is 0. The molecule has 0 N–H and O–H groups in total. The van der Waals surface area contributed by atoms with E-state index in [0.717, 1.165) is 0 Å². The van der Waals surface area contributed by atoms with Crippen LogP contribution in [0.15, 0.2) is 22.7 Å². The lowest BCUT2D eigenvalue weighted by atomic mass is 10.1. The van der Waals surface area contributed by atoms with Crippen LogP contribution in [0.2, 0.25) is 0 Å². The number of nitrogens with zero attached hydrogens (tertiary/aromatic N) is 1. The van der Waals surface area contributed by atoms with Gasteiger partial charge in [0.05, 0.1) is 4.92 Å². The number of halogens is 1. The van der Waals surface area contributed by atoms with E-state index in [1.165, 1.54) is 18.2 Å². The van der Waals surface area contributed by atoms with Gasteiger partial charge >= 0.3 is 0 Å². The van der Waals surface area contributed by atoms with Gasteiger partial charge in [-0.3, -0.25) is 14.9 Å². The number of Topliss-reactive ketones (excluding diaryl/α,β-unsaturated/α-hetero) is 1. The van der Waals surface area contributed by atoms with Crippen LogP contribution in [0.4, 0.5) is 5.69 Å². The van der Waals surface area contributed by atoms with E-state index < -0.39 is 4.92 Å². The minimum Gasteiger partial charge on any atom is -0.294 e. The number of hydrogen-bond acceptors (Lipinski definition) is 3. The first-order valence-electron chi connectivity index (χ1n) is 4.03. The Balaban J connectivity index is 3.21. The number of nitro benzene ring substituents is 1. The first-order chi connectivity index (χ1) is 6.56. The van der Waals surface area contributed by atoms with Crippen molar-refractivity contribution < 1.29 is 9.72 Å². The predicted octanol–water partition coefficient (Wildman–Crippen LogP) is 2.95. The van der Waals surface area contributed by atoms with Gasteiger partial charge in [-0.2, -0.15) is 0 Å². The molecule has 0 heterocycles. The highest BCUT2D eigenvalue weighted by molar-refractivity contribution is 9.10. The van der Waals surface area contributed by atoms with Gasteiger partial charge < -0.3 is 0 Å². The molecule has 1 rings (SSSR count). The van der Waals surface area contributed by atoms with Crippen LogP contribution in [0, 0.1) is 10.1 Å². The second kappa shape index (κ2) is 4.32. The zero-order valence-electron chi connectivity index (χ0n) is 7.49. The number of benzene rings is 1. The third-order valence-electron chi connectivity index (χ3n) is 1.78. The Hall–Kier alpha value is -1.23. The fourth-order valence-corrected chi connectivity index (χ4v) is 1.50. The van der Waals surface area contributed by atoms with Crippen molar-refractivity contribution in [2.75, 3.05) is 0 Å². The summed E-state index contributed by atoms with van der Waals surface area (Å²) in [5.41, 5.74) is 0.298. The van der Waals surface area contributed by atoms with Crippen molar-refractivity contribution in [1.29, 1.82) is 0 Å². The van der Waals surface area contributed by atoms with Crippen LogP contribution in [0.1, 0.15) is 23.7 Å². The summed E-state index contributed by atoms with van der Waals surface area (Å²) in [6.45, 7) is 1.72.